The SMILES string of the molecule is CC(C)N[C@@H](C)CC(=O)OC(C)C. The van der Waals surface area contributed by atoms with E-state index < -0.39 is 0 Å². The minimum absolute atomic E-state index is 0.0150. The van der Waals surface area contributed by atoms with Gasteiger partial charge in [-0.1, -0.05) is 13.8 Å². The summed E-state index contributed by atoms with van der Waals surface area (Å²) in [7, 11) is 0. The van der Waals surface area contributed by atoms with Crippen LogP contribution in [0.5, 0.6) is 0 Å². The fraction of sp³-hybridized carbons (Fsp3) is 0.900. The van der Waals surface area contributed by atoms with Gasteiger partial charge in [0.05, 0.1) is 12.5 Å². The molecule has 1 atom stereocenters. The Labute approximate surface area is 80.8 Å². The van der Waals surface area contributed by atoms with Crippen molar-refractivity contribution in [1.29, 1.82) is 0 Å². The molecule has 0 aromatic rings. The fourth-order valence-corrected chi connectivity index (χ4v) is 1.19. The minimum Gasteiger partial charge on any atom is -0.463 e. The van der Waals surface area contributed by atoms with E-state index in [-0.39, 0.29) is 18.1 Å². The molecule has 0 aliphatic heterocycles. The molecule has 0 amide bonds. The molecule has 0 radical (unpaired) electrons. The van der Waals surface area contributed by atoms with E-state index in [4.69, 9.17) is 4.74 Å². The zero-order valence-corrected chi connectivity index (χ0v) is 9.26. The summed E-state index contributed by atoms with van der Waals surface area (Å²) in [5.74, 6) is -0.129. The number of carbonyl (C=O) groups excluding carboxylic acids is 1. The molecule has 3 nitrogen and oxygen atoms in total. The molecule has 0 rings (SSSR count). The van der Waals surface area contributed by atoms with Gasteiger partial charge < -0.3 is 10.1 Å². The predicted octanol–water partition coefficient (Wildman–Crippen LogP) is 1.71. The summed E-state index contributed by atoms with van der Waals surface area (Å²) in [6.45, 7) is 9.83. The first-order chi connectivity index (χ1) is 5.91. The van der Waals surface area contributed by atoms with Gasteiger partial charge in [-0.25, -0.2) is 0 Å². The van der Waals surface area contributed by atoms with Crippen LogP contribution in [0.2, 0.25) is 0 Å². The molecule has 0 aliphatic carbocycles. The van der Waals surface area contributed by atoms with E-state index in [1.807, 2.05) is 20.8 Å². The van der Waals surface area contributed by atoms with Gasteiger partial charge in [-0.15, -0.1) is 0 Å². The second-order valence-corrected chi connectivity index (χ2v) is 3.97. The number of esters is 1. The van der Waals surface area contributed by atoms with Crippen LogP contribution < -0.4 is 5.32 Å². The summed E-state index contributed by atoms with van der Waals surface area (Å²) in [5, 5.41) is 3.25. The average Bonchev–Trinajstić information content (AvgIpc) is 1.80. The van der Waals surface area contributed by atoms with Crippen LogP contribution in [0.3, 0.4) is 0 Å². The number of nitrogens with one attached hydrogen (secondary N) is 1. The maximum atomic E-state index is 11.2. The molecular formula is C10H21NO2. The van der Waals surface area contributed by atoms with Gasteiger partial charge in [0.2, 0.25) is 0 Å². The van der Waals surface area contributed by atoms with Crippen LogP contribution >= 0.6 is 0 Å². The number of ether oxygens (including phenoxy) is 1. The quantitative estimate of drug-likeness (QED) is 0.666. The van der Waals surface area contributed by atoms with Crippen LogP contribution in [0, 0.1) is 0 Å². The molecule has 0 heterocycles. The first-order valence-corrected chi connectivity index (χ1v) is 4.87. The van der Waals surface area contributed by atoms with Crippen molar-refractivity contribution >= 4 is 5.97 Å². The molecule has 0 unspecified atom stereocenters. The topological polar surface area (TPSA) is 38.3 Å². The van der Waals surface area contributed by atoms with Crippen molar-refractivity contribution in [2.45, 2.75) is 59.2 Å². The van der Waals surface area contributed by atoms with E-state index in [9.17, 15) is 4.79 Å². The molecule has 78 valence electrons. The Balaban J connectivity index is 3.65. The number of hydrogen-bond acceptors (Lipinski definition) is 3. The number of carbonyl (C=O) groups is 1. The van der Waals surface area contributed by atoms with E-state index in [2.05, 4.69) is 19.2 Å². The summed E-state index contributed by atoms with van der Waals surface area (Å²) in [6, 6.07) is 0.591. The van der Waals surface area contributed by atoms with E-state index in [0.717, 1.165) is 0 Å². The first-order valence-electron chi connectivity index (χ1n) is 4.87. The minimum atomic E-state index is -0.129. The number of rotatable bonds is 5. The third-order valence-electron chi connectivity index (χ3n) is 1.46. The highest BCUT2D eigenvalue weighted by Crippen LogP contribution is 1.98. The lowest BCUT2D eigenvalue weighted by Gasteiger charge is -2.16. The summed E-state index contributed by atoms with van der Waals surface area (Å²) >= 11 is 0. The first kappa shape index (κ1) is 12.4. The maximum Gasteiger partial charge on any atom is 0.307 e. The second-order valence-electron chi connectivity index (χ2n) is 3.97. The van der Waals surface area contributed by atoms with Gasteiger partial charge in [-0.3, -0.25) is 4.79 Å². The van der Waals surface area contributed by atoms with Crippen molar-refractivity contribution in [3.63, 3.8) is 0 Å². The van der Waals surface area contributed by atoms with Gasteiger partial charge in [-0.2, -0.15) is 0 Å². The van der Waals surface area contributed by atoms with Crippen LogP contribution in [-0.4, -0.2) is 24.2 Å². The van der Waals surface area contributed by atoms with E-state index in [0.29, 0.717) is 12.5 Å². The Morgan fingerprint density at radius 1 is 1.23 bits per heavy atom. The number of hydrogen-bond donors (Lipinski definition) is 1. The molecule has 0 aliphatic rings. The Kier molecular flexibility index (Phi) is 5.71. The van der Waals surface area contributed by atoms with Gasteiger partial charge >= 0.3 is 5.97 Å². The molecule has 0 aromatic heterocycles. The van der Waals surface area contributed by atoms with Crippen molar-refractivity contribution in [2.75, 3.05) is 0 Å². The highest BCUT2D eigenvalue weighted by molar-refractivity contribution is 5.70. The van der Waals surface area contributed by atoms with Crippen LogP contribution in [-0.2, 0) is 9.53 Å². The standard InChI is InChI=1S/C10H21NO2/c1-7(2)11-9(5)6-10(12)13-8(3)4/h7-9,11H,6H2,1-5H3/t9-/m0/s1. The lowest BCUT2D eigenvalue weighted by Crippen LogP contribution is -2.34. The summed E-state index contributed by atoms with van der Waals surface area (Å²) < 4.78 is 5.02. The lowest BCUT2D eigenvalue weighted by molar-refractivity contribution is -0.147. The largest absolute Gasteiger partial charge is 0.463 e. The molecule has 3 heteroatoms. The van der Waals surface area contributed by atoms with Crippen LogP contribution in [0.25, 0.3) is 0 Å². The van der Waals surface area contributed by atoms with Gasteiger partial charge in [0.1, 0.15) is 0 Å². The maximum absolute atomic E-state index is 11.2. The predicted molar refractivity (Wildman–Crippen MR) is 53.6 cm³/mol. The monoisotopic (exact) mass is 187 g/mol. The van der Waals surface area contributed by atoms with Gasteiger partial charge in [0, 0.05) is 12.1 Å². The zero-order chi connectivity index (χ0) is 10.4. The zero-order valence-electron chi connectivity index (χ0n) is 9.26. The van der Waals surface area contributed by atoms with Crippen molar-refractivity contribution in [3.05, 3.63) is 0 Å². The van der Waals surface area contributed by atoms with Crippen molar-refractivity contribution in [1.82, 2.24) is 5.32 Å². The Hall–Kier alpha value is -0.570. The lowest BCUT2D eigenvalue weighted by atomic mass is 10.2. The van der Waals surface area contributed by atoms with Gasteiger partial charge in [0.25, 0.3) is 0 Å². The smallest absolute Gasteiger partial charge is 0.307 e. The molecule has 0 bridgehead atoms. The van der Waals surface area contributed by atoms with Crippen molar-refractivity contribution in [3.8, 4) is 0 Å². The van der Waals surface area contributed by atoms with Crippen LogP contribution in [0.1, 0.15) is 41.0 Å². The molecule has 0 saturated carbocycles. The van der Waals surface area contributed by atoms with E-state index >= 15 is 0 Å². The summed E-state index contributed by atoms with van der Waals surface area (Å²) in [6.07, 6.45) is 0.426. The molecule has 1 N–H and O–H groups in total. The van der Waals surface area contributed by atoms with Gasteiger partial charge in [-0.05, 0) is 20.8 Å². The third-order valence-corrected chi connectivity index (χ3v) is 1.46. The highest BCUT2D eigenvalue weighted by atomic mass is 16.5. The summed E-state index contributed by atoms with van der Waals surface area (Å²) in [4.78, 5) is 11.2. The second kappa shape index (κ2) is 5.97. The molecule has 0 saturated heterocycles. The Bertz CT molecular complexity index is 155. The van der Waals surface area contributed by atoms with Gasteiger partial charge in [0.15, 0.2) is 0 Å². The van der Waals surface area contributed by atoms with Crippen molar-refractivity contribution in [2.24, 2.45) is 0 Å². The van der Waals surface area contributed by atoms with Crippen LogP contribution in [0.15, 0.2) is 0 Å². The molecule has 0 spiro atoms. The van der Waals surface area contributed by atoms with Crippen LogP contribution in [0.4, 0.5) is 0 Å². The molecular weight excluding hydrogens is 166 g/mol. The third kappa shape index (κ3) is 7.78. The van der Waals surface area contributed by atoms with E-state index in [1.165, 1.54) is 0 Å². The highest BCUT2D eigenvalue weighted by Gasteiger charge is 2.11. The average molecular weight is 187 g/mol. The molecule has 13 heavy (non-hydrogen) atoms. The van der Waals surface area contributed by atoms with Crippen molar-refractivity contribution < 1.29 is 9.53 Å². The molecule has 0 aromatic carbocycles. The van der Waals surface area contributed by atoms with E-state index in [1.54, 1.807) is 0 Å². The Morgan fingerprint density at radius 3 is 2.15 bits per heavy atom. The fourth-order valence-electron chi connectivity index (χ4n) is 1.19. The Morgan fingerprint density at radius 2 is 1.77 bits per heavy atom. The normalized spacial score (nSPS) is 13.5. The molecule has 0 fully saturated rings. The summed E-state index contributed by atoms with van der Waals surface area (Å²) in [5.41, 5.74) is 0.